The number of hydrogen-bond donors (Lipinski definition) is 0. The molecule has 0 N–H and O–H groups in total. The Hall–Kier alpha value is -2.37. The van der Waals surface area contributed by atoms with Crippen LogP contribution in [0.3, 0.4) is 0 Å². The van der Waals surface area contributed by atoms with Gasteiger partial charge in [0.25, 0.3) is 0 Å². The van der Waals surface area contributed by atoms with Gasteiger partial charge >= 0.3 is 5.69 Å². The molecule has 1 heterocycles. The molecular weight excluding hydrogens is 292 g/mol. The Labute approximate surface area is 136 Å². The molecule has 23 heavy (non-hydrogen) atoms. The predicted molar refractivity (Wildman–Crippen MR) is 88.8 cm³/mol. The number of hydrogen-bond acceptors (Lipinski definition) is 3. The van der Waals surface area contributed by atoms with Crippen molar-refractivity contribution in [2.24, 2.45) is 12.5 Å². The minimum atomic E-state index is -0.284. The fourth-order valence-corrected chi connectivity index (χ4v) is 2.37. The summed E-state index contributed by atoms with van der Waals surface area (Å²) in [5.41, 5.74) is 0.756. The van der Waals surface area contributed by atoms with Gasteiger partial charge in [-0.05, 0) is 11.0 Å². The Morgan fingerprint density at radius 3 is 2.39 bits per heavy atom. The molecule has 0 atom stereocenters. The van der Waals surface area contributed by atoms with Crippen molar-refractivity contribution in [2.45, 2.75) is 33.9 Å². The van der Waals surface area contributed by atoms with Crippen LogP contribution in [0.25, 0.3) is 0 Å². The van der Waals surface area contributed by atoms with Crippen LogP contribution in [0.5, 0.6) is 0 Å². The highest BCUT2D eigenvalue weighted by molar-refractivity contribution is 5.76. The highest BCUT2D eigenvalue weighted by Crippen LogP contribution is 2.17. The van der Waals surface area contributed by atoms with Gasteiger partial charge in [0.2, 0.25) is 5.91 Å². The Balaban J connectivity index is 2.17. The number of rotatable bonds is 5. The Kier molecular flexibility index (Phi) is 5.03. The van der Waals surface area contributed by atoms with E-state index in [1.807, 2.05) is 30.3 Å². The summed E-state index contributed by atoms with van der Waals surface area (Å²) in [4.78, 5) is 26.3. The molecule has 6 heteroatoms. The van der Waals surface area contributed by atoms with E-state index in [4.69, 9.17) is 0 Å². The first kappa shape index (κ1) is 17.0. The quantitative estimate of drug-likeness (QED) is 0.843. The van der Waals surface area contributed by atoms with Gasteiger partial charge in [0.15, 0.2) is 0 Å². The van der Waals surface area contributed by atoms with Gasteiger partial charge in [0, 0.05) is 20.1 Å². The van der Waals surface area contributed by atoms with Gasteiger partial charge in [-0.25, -0.2) is 9.48 Å². The first-order valence-electron chi connectivity index (χ1n) is 7.66. The number of benzene rings is 1. The second kappa shape index (κ2) is 6.81. The van der Waals surface area contributed by atoms with E-state index in [-0.39, 0.29) is 23.6 Å². The van der Waals surface area contributed by atoms with Gasteiger partial charge in [-0.2, -0.15) is 5.10 Å². The summed E-state index contributed by atoms with van der Waals surface area (Å²) >= 11 is 0. The lowest BCUT2D eigenvalue weighted by Crippen LogP contribution is -2.41. The van der Waals surface area contributed by atoms with E-state index in [1.54, 1.807) is 11.9 Å². The zero-order chi connectivity index (χ0) is 17.0. The standard InChI is InChI=1S/C17H24N4O2/c1-17(2,3)12-20(10-14-8-6-5-7-9-14)15(22)11-21-16(23)19(4)13-18-21/h5-9,13H,10-12H2,1-4H3. The third-order valence-electron chi connectivity index (χ3n) is 3.41. The van der Waals surface area contributed by atoms with Crippen LogP contribution in [0.1, 0.15) is 26.3 Å². The average molecular weight is 316 g/mol. The first-order chi connectivity index (χ1) is 10.8. The lowest BCUT2D eigenvalue weighted by Gasteiger charge is -2.30. The highest BCUT2D eigenvalue weighted by Gasteiger charge is 2.22. The van der Waals surface area contributed by atoms with Crippen molar-refractivity contribution >= 4 is 5.91 Å². The highest BCUT2D eigenvalue weighted by atomic mass is 16.2. The van der Waals surface area contributed by atoms with Gasteiger partial charge in [-0.3, -0.25) is 9.36 Å². The smallest absolute Gasteiger partial charge is 0.336 e. The van der Waals surface area contributed by atoms with Gasteiger partial charge < -0.3 is 4.90 Å². The lowest BCUT2D eigenvalue weighted by atomic mass is 9.95. The van der Waals surface area contributed by atoms with E-state index < -0.39 is 0 Å². The number of amides is 1. The van der Waals surface area contributed by atoms with Crippen LogP contribution in [0.2, 0.25) is 0 Å². The molecule has 1 aromatic carbocycles. The summed E-state index contributed by atoms with van der Waals surface area (Å²) in [6.07, 6.45) is 1.42. The van der Waals surface area contributed by atoms with Crippen molar-refractivity contribution in [1.82, 2.24) is 19.2 Å². The molecule has 2 aromatic rings. The van der Waals surface area contributed by atoms with E-state index in [2.05, 4.69) is 25.9 Å². The molecule has 0 aliphatic rings. The molecule has 0 fully saturated rings. The van der Waals surface area contributed by atoms with Crippen LogP contribution >= 0.6 is 0 Å². The molecule has 0 bridgehead atoms. The summed E-state index contributed by atoms with van der Waals surface area (Å²) in [6, 6.07) is 9.86. The van der Waals surface area contributed by atoms with Crippen molar-refractivity contribution < 1.29 is 4.79 Å². The predicted octanol–water partition coefficient (Wildman–Crippen LogP) is 1.66. The van der Waals surface area contributed by atoms with Crippen LogP contribution in [0.15, 0.2) is 41.5 Å². The molecule has 1 aromatic heterocycles. The molecule has 0 unspecified atom stereocenters. The van der Waals surface area contributed by atoms with Crippen molar-refractivity contribution in [3.63, 3.8) is 0 Å². The number of carbonyl (C=O) groups is 1. The number of aromatic nitrogens is 3. The van der Waals surface area contributed by atoms with Gasteiger partial charge in [0.05, 0.1) is 0 Å². The van der Waals surface area contributed by atoms with E-state index >= 15 is 0 Å². The van der Waals surface area contributed by atoms with Gasteiger partial charge in [0.1, 0.15) is 12.9 Å². The maximum Gasteiger partial charge on any atom is 0.345 e. The average Bonchev–Trinajstić information content (AvgIpc) is 2.78. The van der Waals surface area contributed by atoms with Gasteiger partial charge in [-0.15, -0.1) is 0 Å². The SMILES string of the molecule is Cn1cnn(CC(=O)N(Cc2ccccc2)CC(C)(C)C)c1=O. The molecule has 0 aliphatic heterocycles. The molecule has 0 saturated heterocycles. The molecule has 0 aliphatic carbocycles. The third kappa shape index (κ3) is 4.81. The molecule has 124 valence electrons. The Morgan fingerprint density at radius 1 is 1.22 bits per heavy atom. The normalized spacial score (nSPS) is 11.5. The summed E-state index contributed by atoms with van der Waals surface area (Å²) < 4.78 is 2.56. The molecule has 0 saturated carbocycles. The summed E-state index contributed by atoms with van der Waals surface area (Å²) in [5, 5.41) is 3.96. The maximum atomic E-state index is 12.7. The van der Waals surface area contributed by atoms with Crippen LogP contribution in [0, 0.1) is 5.41 Å². The van der Waals surface area contributed by atoms with Crippen molar-refractivity contribution in [1.29, 1.82) is 0 Å². The largest absolute Gasteiger partial charge is 0.345 e. The Morgan fingerprint density at radius 2 is 1.87 bits per heavy atom. The third-order valence-corrected chi connectivity index (χ3v) is 3.41. The minimum absolute atomic E-state index is 0.0283. The summed E-state index contributed by atoms with van der Waals surface area (Å²) in [6.45, 7) is 7.37. The topological polar surface area (TPSA) is 60.1 Å². The zero-order valence-corrected chi connectivity index (χ0v) is 14.2. The summed E-state index contributed by atoms with van der Waals surface area (Å²) in [5.74, 6) is -0.107. The van der Waals surface area contributed by atoms with Gasteiger partial charge in [-0.1, -0.05) is 51.1 Å². The second-order valence-corrected chi connectivity index (χ2v) is 6.98. The van der Waals surface area contributed by atoms with E-state index in [1.165, 1.54) is 15.6 Å². The Bertz CT molecular complexity index is 710. The zero-order valence-electron chi connectivity index (χ0n) is 14.2. The van der Waals surface area contributed by atoms with E-state index in [0.717, 1.165) is 5.56 Å². The fraction of sp³-hybridized carbons (Fsp3) is 0.471. The fourth-order valence-electron chi connectivity index (χ4n) is 2.37. The van der Waals surface area contributed by atoms with E-state index in [9.17, 15) is 9.59 Å². The van der Waals surface area contributed by atoms with Crippen molar-refractivity contribution in [3.8, 4) is 0 Å². The van der Waals surface area contributed by atoms with Crippen molar-refractivity contribution in [2.75, 3.05) is 6.54 Å². The molecule has 6 nitrogen and oxygen atoms in total. The van der Waals surface area contributed by atoms with Crippen LogP contribution in [0.4, 0.5) is 0 Å². The number of carbonyl (C=O) groups excluding carboxylic acids is 1. The van der Waals surface area contributed by atoms with Crippen LogP contribution < -0.4 is 5.69 Å². The second-order valence-electron chi connectivity index (χ2n) is 6.98. The van der Waals surface area contributed by atoms with Crippen LogP contribution in [-0.4, -0.2) is 31.7 Å². The molecule has 0 radical (unpaired) electrons. The first-order valence-corrected chi connectivity index (χ1v) is 7.66. The lowest BCUT2D eigenvalue weighted by molar-refractivity contribution is -0.134. The van der Waals surface area contributed by atoms with Crippen molar-refractivity contribution in [3.05, 3.63) is 52.7 Å². The molecule has 2 rings (SSSR count). The van der Waals surface area contributed by atoms with E-state index in [0.29, 0.717) is 13.1 Å². The molecular formula is C17H24N4O2. The maximum absolute atomic E-state index is 12.7. The minimum Gasteiger partial charge on any atom is -0.336 e. The number of nitrogens with zero attached hydrogens (tertiary/aromatic N) is 4. The molecule has 1 amide bonds. The monoisotopic (exact) mass is 316 g/mol. The van der Waals surface area contributed by atoms with Crippen LogP contribution in [-0.2, 0) is 24.9 Å². The molecule has 0 spiro atoms. The number of aryl methyl sites for hydroxylation is 1. The summed E-state index contributed by atoms with van der Waals surface area (Å²) in [7, 11) is 1.62.